The monoisotopic (exact) mass is 439 g/mol. The van der Waals surface area contributed by atoms with Crippen molar-refractivity contribution in [3.05, 3.63) is 59.7 Å². The average Bonchev–Trinajstić information content (AvgIpc) is 2.63. The molecule has 0 aromatic heterocycles. The van der Waals surface area contributed by atoms with Crippen LogP contribution in [0.2, 0.25) is 0 Å². The Kier molecular flexibility index (Phi) is 5.24. The summed E-state index contributed by atoms with van der Waals surface area (Å²) >= 11 is 3.46. The van der Waals surface area contributed by atoms with Crippen LogP contribution in [0.15, 0.2) is 53.4 Å². The van der Waals surface area contributed by atoms with Crippen molar-refractivity contribution in [3.63, 3.8) is 0 Å². The fraction of sp³-hybridized carbons (Fsp3) is 0.278. The lowest BCUT2D eigenvalue weighted by Crippen LogP contribution is -2.49. The Hall–Kier alpha value is -2.06. The molecule has 0 saturated carbocycles. The van der Waals surface area contributed by atoms with Crippen molar-refractivity contribution in [2.24, 2.45) is 0 Å². The summed E-state index contributed by atoms with van der Waals surface area (Å²) in [6.45, 7) is 1.94. The van der Waals surface area contributed by atoms with Crippen LogP contribution in [0.1, 0.15) is 17.2 Å². The number of halogens is 1. The quantitative estimate of drug-likeness (QED) is 0.679. The second kappa shape index (κ2) is 7.28. The van der Waals surface area contributed by atoms with Crippen molar-refractivity contribution >= 4 is 32.0 Å². The normalized spacial score (nSPS) is 20.6. The number of benzene rings is 2. The Morgan fingerprint density at radius 2 is 1.73 bits per heavy atom. The molecule has 8 heteroatoms. The first kappa shape index (κ1) is 18.7. The molecule has 1 amide bonds. The Morgan fingerprint density at radius 3 is 2.31 bits per heavy atom. The second-order valence-electron chi connectivity index (χ2n) is 5.92. The van der Waals surface area contributed by atoms with E-state index in [9.17, 15) is 13.2 Å². The number of cyclic esters (lactones) is 1. The van der Waals surface area contributed by atoms with Crippen LogP contribution in [-0.2, 0) is 14.8 Å². The van der Waals surface area contributed by atoms with Crippen LogP contribution in [0.25, 0.3) is 0 Å². The summed E-state index contributed by atoms with van der Waals surface area (Å²) in [5.41, 5.74) is 1.59. The standard InChI is InChI=1S/C18H18BrNO5S/c1-12-3-9-15(10-4-12)26(22,23)20-17(16(19)11-25-18(20)21)13-5-7-14(24-2)8-6-13/h3-10,16-17H,11H2,1-2H3/t16-,17+/m0/s1. The van der Waals surface area contributed by atoms with Crippen molar-refractivity contribution < 1.29 is 22.7 Å². The van der Waals surface area contributed by atoms with Crippen molar-refractivity contribution in [1.82, 2.24) is 4.31 Å². The number of carbonyl (C=O) groups excluding carboxylic acids is 1. The van der Waals surface area contributed by atoms with Gasteiger partial charge >= 0.3 is 6.09 Å². The van der Waals surface area contributed by atoms with E-state index < -0.39 is 22.2 Å². The lowest BCUT2D eigenvalue weighted by molar-refractivity contribution is 0.0839. The van der Waals surface area contributed by atoms with Crippen LogP contribution in [0.5, 0.6) is 5.75 Å². The van der Waals surface area contributed by atoms with Crippen LogP contribution < -0.4 is 4.74 Å². The van der Waals surface area contributed by atoms with E-state index in [2.05, 4.69) is 15.9 Å². The molecule has 3 rings (SSSR count). The maximum Gasteiger partial charge on any atom is 0.424 e. The van der Waals surface area contributed by atoms with Crippen molar-refractivity contribution in [2.45, 2.75) is 22.7 Å². The molecule has 1 aliphatic heterocycles. The number of aryl methyl sites for hydroxylation is 1. The van der Waals surface area contributed by atoms with Gasteiger partial charge < -0.3 is 9.47 Å². The molecule has 0 spiro atoms. The Bertz CT molecular complexity index is 896. The number of hydrogen-bond acceptors (Lipinski definition) is 5. The fourth-order valence-electron chi connectivity index (χ4n) is 2.78. The van der Waals surface area contributed by atoms with E-state index in [-0.39, 0.29) is 16.3 Å². The average molecular weight is 440 g/mol. The van der Waals surface area contributed by atoms with Crippen LogP contribution >= 0.6 is 15.9 Å². The van der Waals surface area contributed by atoms with Gasteiger partial charge in [0.1, 0.15) is 12.4 Å². The first-order chi connectivity index (χ1) is 12.3. The molecule has 6 nitrogen and oxygen atoms in total. The first-order valence-corrected chi connectivity index (χ1v) is 10.3. The van der Waals surface area contributed by atoms with E-state index in [1.807, 2.05) is 6.92 Å². The molecule has 1 fully saturated rings. The van der Waals surface area contributed by atoms with E-state index >= 15 is 0 Å². The Labute approximate surface area is 160 Å². The number of hydrogen-bond donors (Lipinski definition) is 0. The maximum absolute atomic E-state index is 13.1. The minimum atomic E-state index is -4.08. The molecule has 1 heterocycles. The zero-order chi connectivity index (χ0) is 18.9. The van der Waals surface area contributed by atoms with E-state index in [1.54, 1.807) is 43.5 Å². The third-order valence-corrected chi connectivity index (χ3v) is 6.70. The highest BCUT2D eigenvalue weighted by Crippen LogP contribution is 2.38. The fourth-order valence-corrected chi connectivity index (χ4v) is 5.14. The summed E-state index contributed by atoms with van der Waals surface area (Å²) in [6, 6.07) is 12.6. The Morgan fingerprint density at radius 1 is 1.12 bits per heavy atom. The summed E-state index contributed by atoms with van der Waals surface area (Å²) in [4.78, 5) is 12.1. The summed E-state index contributed by atoms with van der Waals surface area (Å²) in [7, 11) is -2.53. The zero-order valence-corrected chi connectivity index (χ0v) is 16.7. The highest BCUT2D eigenvalue weighted by Gasteiger charge is 2.45. The van der Waals surface area contributed by atoms with Gasteiger partial charge in [0.2, 0.25) is 0 Å². The molecule has 1 aliphatic rings. The van der Waals surface area contributed by atoms with Gasteiger partial charge in [0.05, 0.1) is 22.9 Å². The van der Waals surface area contributed by atoms with E-state index in [4.69, 9.17) is 9.47 Å². The molecular formula is C18H18BrNO5S. The van der Waals surface area contributed by atoms with Gasteiger partial charge in [-0.3, -0.25) is 0 Å². The smallest absolute Gasteiger partial charge is 0.424 e. The van der Waals surface area contributed by atoms with Gasteiger partial charge in [-0.2, -0.15) is 4.31 Å². The van der Waals surface area contributed by atoms with E-state index in [1.165, 1.54) is 12.1 Å². The summed E-state index contributed by atoms with van der Waals surface area (Å²) in [6.07, 6.45) is -0.887. The minimum absolute atomic E-state index is 0.0418. The van der Waals surface area contributed by atoms with Gasteiger partial charge in [-0.25, -0.2) is 13.2 Å². The Balaban J connectivity index is 2.07. The predicted octanol–water partition coefficient (Wildman–Crippen LogP) is 3.65. The van der Waals surface area contributed by atoms with Gasteiger partial charge in [-0.05, 0) is 36.8 Å². The van der Waals surface area contributed by atoms with Gasteiger partial charge in [0.15, 0.2) is 0 Å². The van der Waals surface area contributed by atoms with Crippen molar-refractivity contribution in [3.8, 4) is 5.75 Å². The topological polar surface area (TPSA) is 72.9 Å². The molecule has 0 aliphatic carbocycles. The number of sulfonamides is 1. The molecule has 2 aromatic carbocycles. The highest BCUT2D eigenvalue weighted by molar-refractivity contribution is 9.09. The summed E-state index contributed by atoms with van der Waals surface area (Å²) < 4.78 is 37.3. The first-order valence-electron chi connectivity index (χ1n) is 7.90. The van der Waals surface area contributed by atoms with Gasteiger partial charge in [-0.15, -0.1) is 0 Å². The van der Waals surface area contributed by atoms with Crippen LogP contribution in [0, 0.1) is 6.92 Å². The molecule has 2 aromatic rings. The third-order valence-electron chi connectivity index (χ3n) is 4.18. The molecule has 138 valence electrons. The minimum Gasteiger partial charge on any atom is -0.497 e. The number of amides is 1. The number of alkyl halides is 1. The molecule has 0 unspecified atom stereocenters. The number of rotatable bonds is 4. The molecule has 2 atom stereocenters. The van der Waals surface area contributed by atoms with Gasteiger partial charge in [0.25, 0.3) is 10.0 Å². The number of methoxy groups -OCH3 is 1. The van der Waals surface area contributed by atoms with Crippen LogP contribution in [-0.4, -0.2) is 37.4 Å². The number of nitrogens with zero attached hydrogens (tertiary/aromatic N) is 1. The lowest BCUT2D eigenvalue weighted by Gasteiger charge is -2.37. The SMILES string of the molecule is COc1ccc([C@@H]2[C@@H](Br)COC(=O)N2S(=O)(=O)c2ccc(C)cc2)cc1. The van der Waals surface area contributed by atoms with Crippen LogP contribution in [0.4, 0.5) is 4.79 Å². The highest BCUT2D eigenvalue weighted by atomic mass is 79.9. The van der Waals surface area contributed by atoms with E-state index in [0.717, 1.165) is 9.87 Å². The zero-order valence-electron chi connectivity index (χ0n) is 14.3. The largest absolute Gasteiger partial charge is 0.497 e. The molecule has 0 N–H and O–H groups in total. The number of carbonyl (C=O) groups is 1. The third kappa shape index (κ3) is 3.43. The van der Waals surface area contributed by atoms with Gasteiger partial charge in [0, 0.05) is 0 Å². The number of ether oxygens (including phenoxy) is 2. The summed E-state index contributed by atoms with van der Waals surface area (Å²) in [5.74, 6) is 0.645. The van der Waals surface area contributed by atoms with Gasteiger partial charge in [-0.1, -0.05) is 45.8 Å². The molecule has 26 heavy (non-hydrogen) atoms. The molecule has 0 radical (unpaired) electrons. The van der Waals surface area contributed by atoms with Crippen molar-refractivity contribution in [2.75, 3.05) is 13.7 Å². The summed E-state index contributed by atoms with van der Waals surface area (Å²) in [5, 5.41) is 0. The van der Waals surface area contributed by atoms with E-state index in [0.29, 0.717) is 11.3 Å². The second-order valence-corrected chi connectivity index (χ2v) is 8.92. The van der Waals surface area contributed by atoms with Crippen LogP contribution in [0.3, 0.4) is 0 Å². The molecular weight excluding hydrogens is 422 g/mol. The predicted molar refractivity (Wildman–Crippen MR) is 100 cm³/mol. The molecule has 0 bridgehead atoms. The molecule has 1 saturated heterocycles. The lowest BCUT2D eigenvalue weighted by atomic mass is 10.0. The van der Waals surface area contributed by atoms with Crippen molar-refractivity contribution in [1.29, 1.82) is 0 Å². The maximum atomic E-state index is 13.1.